The van der Waals surface area contributed by atoms with Crippen LogP contribution in [0.1, 0.15) is 12.0 Å². The van der Waals surface area contributed by atoms with Crippen LogP contribution in [0.15, 0.2) is 42.5 Å². The highest BCUT2D eigenvalue weighted by atomic mass is 19.1. The number of hydrogen-bond donors (Lipinski definition) is 2. The molecule has 0 fully saturated rings. The van der Waals surface area contributed by atoms with Crippen LogP contribution in [0.3, 0.4) is 0 Å². The van der Waals surface area contributed by atoms with Crippen molar-refractivity contribution in [3.8, 4) is 5.75 Å². The number of carbonyl (C=O) groups excluding carboxylic acids is 1. The first-order valence-electron chi connectivity index (χ1n) is 7.68. The van der Waals surface area contributed by atoms with E-state index in [0.29, 0.717) is 13.0 Å². The number of ether oxygens (including phenoxy) is 1. The van der Waals surface area contributed by atoms with Gasteiger partial charge in [-0.15, -0.1) is 0 Å². The fourth-order valence-electron chi connectivity index (χ4n) is 2.30. The zero-order valence-electron chi connectivity index (χ0n) is 13.4. The van der Waals surface area contributed by atoms with Crippen LogP contribution in [0.25, 0.3) is 0 Å². The molecule has 0 unspecified atom stereocenters. The van der Waals surface area contributed by atoms with Crippen molar-refractivity contribution in [3.05, 3.63) is 59.7 Å². The maximum absolute atomic E-state index is 13.4. The molecule has 2 aromatic carbocycles. The molecular weight excluding hydrogens is 314 g/mol. The van der Waals surface area contributed by atoms with Gasteiger partial charge in [-0.2, -0.15) is 0 Å². The lowest BCUT2D eigenvalue weighted by Gasteiger charge is -2.10. The van der Waals surface area contributed by atoms with Crippen LogP contribution in [0.2, 0.25) is 0 Å². The van der Waals surface area contributed by atoms with Gasteiger partial charge < -0.3 is 15.4 Å². The van der Waals surface area contributed by atoms with Crippen molar-refractivity contribution in [2.24, 2.45) is 0 Å². The zero-order chi connectivity index (χ0) is 17.4. The SMILES string of the molecule is COc1ccccc1CCNC(=O)CCNc1c(F)cccc1F. The predicted molar refractivity (Wildman–Crippen MR) is 89.2 cm³/mol. The minimum absolute atomic E-state index is 0.125. The first-order chi connectivity index (χ1) is 11.6. The monoisotopic (exact) mass is 334 g/mol. The number of anilines is 1. The quantitative estimate of drug-likeness (QED) is 0.780. The standard InChI is InChI=1S/C18H20F2N2O2/c1-24-16-8-3-2-5-13(16)9-11-21-17(23)10-12-22-18-14(19)6-4-7-15(18)20/h2-8,22H,9-12H2,1H3,(H,21,23). The highest BCUT2D eigenvalue weighted by Gasteiger charge is 2.08. The molecule has 0 spiro atoms. The number of para-hydroxylation sites is 2. The van der Waals surface area contributed by atoms with Gasteiger partial charge in [0, 0.05) is 19.5 Å². The van der Waals surface area contributed by atoms with Gasteiger partial charge >= 0.3 is 0 Å². The lowest BCUT2D eigenvalue weighted by molar-refractivity contribution is -0.120. The summed E-state index contributed by atoms with van der Waals surface area (Å²) in [5.74, 6) is -0.754. The van der Waals surface area contributed by atoms with E-state index in [2.05, 4.69) is 10.6 Å². The largest absolute Gasteiger partial charge is 0.496 e. The lowest BCUT2D eigenvalue weighted by atomic mass is 10.1. The summed E-state index contributed by atoms with van der Waals surface area (Å²) in [5, 5.41) is 5.38. The van der Waals surface area contributed by atoms with Crippen LogP contribution in [-0.2, 0) is 11.2 Å². The third-order valence-electron chi connectivity index (χ3n) is 3.53. The third-order valence-corrected chi connectivity index (χ3v) is 3.53. The summed E-state index contributed by atoms with van der Waals surface area (Å²) in [6.45, 7) is 0.617. The molecule has 4 nitrogen and oxygen atoms in total. The van der Waals surface area contributed by atoms with Gasteiger partial charge in [-0.1, -0.05) is 24.3 Å². The molecular formula is C18H20F2N2O2. The Hall–Kier alpha value is -2.63. The van der Waals surface area contributed by atoms with Crippen LogP contribution >= 0.6 is 0 Å². The Labute approximate surface area is 139 Å². The first kappa shape index (κ1) is 17.7. The van der Waals surface area contributed by atoms with Crippen LogP contribution in [0, 0.1) is 11.6 Å². The topological polar surface area (TPSA) is 50.4 Å². The van der Waals surface area contributed by atoms with Crippen molar-refractivity contribution in [3.63, 3.8) is 0 Å². The van der Waals surface area contributed by atoms with E-state index in [1.165, 1.54) is 18.2 Å². The second kappa shape index (κ2) is 8.86. The number of methoxy groups -OCH3 is 1. The molecule has 1 amide bonds. The van der Waals surface area contributed by atoms with E-state index in [1.807, 2.05) is 24.3 Å². The van der Waals surface area contributed by atoms with Gasteiger partial charge in [0.25, 0.3) is 0 Å². The fraction of sp³-hybridized carbons (Fsp3) is 0.278. The van der Waals surface area contributed by atoms with E-state index in [0.717, 1.165) is 11.3 Å². The normalized spacial score (nSPS) is 10.3. The molecule has 0 aromatic heterocycles. The molecule has 0 radical (unpaired) electrons. The Balaban J connectivity index is 1.72. The minimum Gasteiger partial charge on any atom is -0.496 e. The summed E-state index contributed by atoms with van der Waals surface area (Å²) < 4.78 is 32.1. The molecule has 0 atom stereocenters. The van der Waals surface area contributed by atoms with E-state index in [1.54, 1.807) is 7.11 Å². The molecule has 6 heteroatoms. The zero-order valence-corrected chi connectivity index (χ0v) is 13.4. The molecule has 0 saturated heterocycles. The average molecular weight is 334 g/mol. The van der Waals surface area contributed by atoms with Crippen LogP contribution in [-0.4, -0.2) is 26.1 Å². The summed E-state index contributed by atoms with van der Waals surface area (Å²) in [7, 11) is 1.60. The van der Waals surface area contributed by atoms with E-state index < -0.39 is 11.6 Å². The Morgan fingerprint density at radius 3 is 2.46 bits per heavy atom. The molecule has 24 heavy (non-hydrogen) atoms. The van der Waals surface area contributed by atoms with Crippen molar-refractivity contribution in [2.75, 3.05) is 25.5 Å². The van der Waals surface area contributed by atoms with Gasteiger partial charge in [0.15, 0.2) is 0 Å². The molecule has 2 N–H and O–H groups in total. The number of amides is 1. The summed E-state index contributed by atoms with van der Waals surface area (Å²) in [6, 6.07) is 11.2. The van der Waals surface area contributed by atoms with Gasteiger partial charge in [-0.05, 0) is 30.2 Å². The molecule has 2 aromatic rings. The average Bonchev–Trinajstić information content (AvgIpc) is 2.58. The van der Waals surface area contributed by atoms with Crippen LogP contribution in [0.4, 0.5) is 14.5 Å². The number of halogens is 2. The smallest absolute Gasteiger partial charge is 0.221 e. The number of carbonyl (C=O) groups is 1. The summed E-state index contributed by atoms with van der Waals surface area (Å²) >= 11 is 0. The Morgan fingerprint density at radius 2 is 1.75 bits per heavy atom. The van der Waals surface area contributed by atoms with Crippen LogP contribution < -0.4 is 15.4 Å². The van der Waals surface area contributed by atoms with E-state index >= 15 is 0 Å². The van der Waals surface area contributed by atoms with Crippen molar-refractivity contribution in [2.45, 2.75) is 12.8 Å². The third kappa shape index (κ3) is 4.94. The minimum atomic E-state index is -0.674. The Kier molecular flexibility index (Phi) is 6.54. The van der Waals surface area contributed by atoms with E-state index in [4.69, 9.17) is 4.74 Å². The lowest BCUT2D eigenvalue weighted by Crippen LogP contribution is -2.27. The van der Waals surface area contributed by atoms with Crippen molar-refractivity contribution in [1.82, 2.24) is 5.32 Å². The molecule has 2 rings (SSSR count). The van der Waals surface area contributed by atoms with Crippen molar-refractivity contribution in [1.29, 1.82) is 0 Å². The molecule has 0 saturated carbocycles. The number of rotatable bonds is 8. The highest BCUT2D eigenvalue weighted by Crippen LogP contribution is 2.18. The second-order valence-electron chi connectivity index (χ2n) is 5.19. The molecule has 0 bridgehead atoms. The fourth-order valence-corrected chi connectivity index (χ4v) is 2.30. The Bertz CT molecular complexity index is 672. The molecule has 128 valence electrons. The first-order valence-corrected chi connectivity index (χ1v) is 7.68. The molecule has 0 aliphatic rings. The van der Waals surface area contributed by atoms with Gasteiger partial charge in [0.05, 0.1) is 7.11 Å². The summed E-state index contributed by atoms with van der Waals surface area (Å²) in [6.07, 6.45) is 0.769. The number of benzene rings is 2. The molecule has 0 aliphatic carbocycles. The summed E-state index contributed by atoms with van der Waals surface area (Å²) in [4.78, 5) is 11.8. The maximum Gasteiger partial charge on any atom is 0.221 e. The van der Waals surface area contributed by atoms with E-state index in [9.17, 15) is 13.6 Å². The van der Waals surface area contributed by atoms with Gasteiger partial charge in [0.2, 0.25) is 5.91 Å². The Morgan fingerprint density at radius 1 is 1.04 bits per heavy atom. The van der Waals surface area contributed by atoms with E-state index in [-0.39, 0.29) is 24.6 Å². The second-order valence-corrected chi connectivity index (χ2v) is 5.19. The van der Waals surface area contributed by atoms with Crippen LogP contribution in [0.5, 0.6) is 5.75 Å². The predicted octanol–water partition coefficient (Wildman–Crippen LogP) is 3.13. The number of nitrogens with one attached hydrogen (secondary N) is 2. The maximum atomic E-state index is 13.4. The van der Waals surface area contributed by atoms with Gasteiger partial charge in [-0.3, -0.25) is 4.79 Å². The van der Waals surface area contributed by atoms with Gasteiger partial charge in [0.1, 0.15) is 23.1 Å². The number of hydrogen-bond acceptors (Lipinski definition) is 3. The molecule has 0 heterocycles. The molecule has 0 aliphatic heterocycles. The van der Waals surface area contributed by atoms with Crippen molar-refractivity contribution >= 4 is 11.6 Å². The van der Waals surface area contributed by atoms with Gasteiger partial charge in [-0.25, -0.2) is 8.78 Å². The van der Waals surface area contributed by atoms with Crippen molar-refractivity contribution < 1.29 is 18.3 Å². The summed E-state index contributed by atoms with van der Waals surface area (Å²) in [5.41, 5.74) is 0.797. The highest BCUT2D eigenvalue weighted by molar-refractivity contribution is 5.76.